The van der Waals surface area contributed by atoms with Crippen molar-refractivity contribution < 1.29 is 4.42 Å². The van der Waals surface area contributed by atoms with E-state index in [2.05, 4.69) is 29.3 Å². The molecule has 1 fully saturated rings. The van der Waals surface area contributed by atoms with E-state index in [0.717, 1.165) is 46.7 Å². The van der Waals surface area contributed by atoms with Crippen molar-refractivity contribution in [2.24, 2.45) is 0 Å². The van der Waals surface area contributed by atoms with E-state index in [1.54, 1.807) is 6.07 Å². The zero-order valence-electron chi connectivity index (χ0n) is 17.0. The van der Waals surface area contributed by atoms with Gasteiger partial charge in [0.2, 0.25) is 0 Å². The highest BCUT2D eigenvalue weighted by Gasteiger charge is 2.24. The molecule has 5 heteroatoms. The molecule has 29 heavy (non-hydrogen) atoms. The van der Waals surface area contributed by atoms with Gasteiger partial charge in [-0.2, -0.15) is 0 Å². The van der Waals surface area contributed by atoms with E-state index in [0.29, 0.717) is 12.1 Å². The average molecular weight is 411 g/mol. The normalized spacial score (nSPS) is 15.8. The predicted octanol–water partition coefficient (Wildman–Crippen LogP) is 4.99. The topological polar surface area (TPSA) is 45.5 Å². The molecule has 0 spiro atoms. The van der Waals surface area contributed by atoms with Crippen LogP contribution in [0.1, 0.15) is 41.1 Å². The second-order valence-electron chi connectivity index (χ2n) is 7.93. The number of hydrogen-bond donors (Lipinski definition) is 1. The van der Waals surface area contributed by atoms with E-state index in [1.807, 2.05) is 31.2 Å². The van der Waals surface area contributed by atoms with Crippen molar-refractivity contribution >= 4 is 22.6 Å². The molecule has 0 unspecified atom stereocenters. The van der Waals surface area contributed by atoms with Crippen molar-refractivity contribution in [3.63, 3.8) is 0 Å². The van der Waals surface area contributed by atoms with Crippen LogP contribution in [0.5, 0.6) is 0 Å². The lowest BCUT2D eigenvalue weighted by Gasteiger charge is -2.29. The minimum Gasteiger partial charge on any atom is -0.423 e. The monoisotopic (exact) mass is 410 g/mol. The van der Waals surface area contributed by atoms with E-state index < -0.39 is 0 Å². The van der Waals surface area contributed by atoms with E-state index in [-0.39, 0.29) is 11.7 Å². The highest BCUT2D eigenvalue weighted by atomic mass is 35.5. The molecule has 3 aromatic rings. The highest BCUT2D eigenvalue weighted by molar-refractivity contribution is 6.31. The standard InChI is InChI=1S/C24H27ClN2O2/c1-16-11-20-18(13-24(28)29-23(20)12-17(16)2)14-26-15-22(27-9-5-6-10-27)19-7-3-4-8-21(19)25/h3-4,7-8,11-13,22,26H,5-6,9-10,14-15H2,1-2H3/t22-/m0/s1. The van der Waals surface area contributed by atoms with Crippen LogP contribution < -0.4 is 10.9 Å². The van der Waals surface area contributed by atoms with Crippen LogP contribution in [0.15, 0.2) is 51.7 Å². The average Bonchev–Trinajstić information content (AvgIpc) is 3.22. The summed E-state index contributed by atoms with van der Waals surface area (Å²) in [5.74, 6) is 0. The molecule has 0 radical (unpaired) electrons. The molecule has 1 saturated heterocycles. The Bertz CT molecular complexity index is 1070. The smallest absolute Gasteiger partial charge is 0.336 e. The predicted molar refractivity (Wildman–Crippen MR) is 119 cm³/mol. The zero-order chi connectivity index (χ0) is 20.4. The number of fused-ring (bicyclic) bond motifs is 1. The number of halogens is 1. The molecule has 4 rings (SSSR count). The number of hydrogen-bond acceptors (Lipinski definition) is 4. The van der Waals surface area contributed by atoms with Crippen molar-refractivity contribution in [1.82, 2.24) is 10.2 Å². The van der Waals surface area contributed by atoms with Crippen LogP contribution in [0.25, 0.3) is 11.0 Å². The maximum Gasteiger partial charge on any atom is 0.336 e. The second-order valence-corrected chi connectivity index (χ2v) is 8.34. The summed E-state index contributed by atoms with van der Waals surface area (Å²) in [7, 11) is 0. The summed E-state index contributed by atoms with van der Waals surface area (Å²) in [6, 6.07) is 14.0. The Balaban J connectivity index is 1.57. The molecule has 2 heterocycles. The Morgan fingerprint density at radius 1 is 1.10 bits per heavy atom. The lowest BCUT2D eigenvalue weighted by Crippen LogP contribution is -2.34. The number of likely N-dealkylation sites (tertiary alicyclic amines) is 1. The van der Waals surface area contributed by atoms with Crippen LogP contribution >= 0.6 is 11.6 Å². The van der Waals surface area contributed by atoms with Crippen LogP contribution in [0.3, 0.4) is 0 Å². The molecule has 0 bridgehead atoms. The molecule has 1 aliphatic rings. The molecule has 0 saturated carbocycles. The Hall–Kier alpha value is -2.14. The van der Waals surface area contributed by atoms with Gasteiger partial charge in [0.25, 0.3) is 0 Å². The van der Waals surface area contributed by atoms with E-state index in [1.165, 1.54) is 18.4 Å². The fraction of sp³-hybridized carbons (Fsp3) is 0.375. The number of rotatable bonds is 6. The largest absolute Gasteiger partial charge is 0.423 e. The number of nitrogens with one attached hydrogen (secondary N) is 1. The third-order valence-electron chi connectivity index (χ3n) is 5.94. The molecule has 0 aliphatic carbocycles. The zero-order valence-corrected chi connectivity index (χ0v) is 17.8. The van der Waals surface area contributed by atoms with Gasteiger partial charge in [0.15, 0.2) is 0 Å². The van der Waals surface area contributed by atoms with Crippen LogP contribution in [-0.2, 0) is 6.54 Å². The molecular weight excluding hydrogens is 384 g/mol. The van der Waals surface area contributed by atoms with E-state index in [4.69, 9.17) is 16.0 Å². The lowest BCUT2D eigenvalue weighted by molar-refractivity contribution is 0.238. The van der Waals surface area contributed by atoms with E-state index in [9.17, 15) is 4.79 Å². The van der Waals surface area contributed by atoms with Crippen molar-refractivity contribution in [1.29, 1.82) is 0 Å². The van der Waals surface area contributed by atoms with Crippen LogP contribution in [-0.4, -0.2) is 24.5 Å². The first-order chi connectivity index (χ1) is 14.0. The Kier molecular flexibility index (Phi) is 6.04. The maximum atomic E-state index is 12.1. The Morgan fingerprint density at radius 3 is 2.59 bits per heavy atom. The summed E-state index contributed by atoms with van der Waals surface area (Å²) < 4.78 is 5.42. The first-order valence-electron chi connectivity index (χ1n) is 10.3. The third kappa shape index (κ3) is 4.40. The Morgan fingerprint density at radius 2 is 1.83 bits per heavy atom. The van der Waals surface area contributed by atoms with Crippen LogP contribution in [0, 0.1) is 13.8 Å². The molecular formula is C24H27ClN2O2. The van der Waals surface area contributed by atoms with Crippen LogP contribution in [0.4, 0.5) is 0 Å². The third-order valence-corrected chi connectivity index (χ3v) is 6.29. The van der Waals surface area contributed by atoms with E-state index >= 15 is 0 Å². The molecule has 0 amide bonds. The maximum absolute atomic E-state index is 12.1. The van der Waals surface area contributed by atoms with Gasteiger partial charge in [-0.15, -0.1) is 0 Å². The summed E-state index contributed by atoms with van der Waals surface area (Å²) in [5.41, 5.74) is 4.79. The molecule has 2 aromatic carbocycles. The van der Waals surface area contributed by atoms with Gasteiger partial charge >= 0.3 is 5.63 Å². The quantitative estimate of drug-likeness (QED) is 0.581. The SMILES string of the molecule is Cc1cc2oc(=O)cc(CNC[C@@H](c3ccccc3Cl)N3CCCC3)c2cc1C. The molecule has 1 aromatic heterocycles. The summed E-state index contributed by atoms with van der Waals surface area (Å²) in [6.45, 7) is 7.68. The highest BCUT2D eigenvalue weighted by Crippen LogP contribution is 2.30. The van der Waals surface area contributed by atoms with Gasteiger partial charge in [-0.05, 0) is 80.2 Å². The van der Waals surface area contributed by atoms with Crippen molar-refractivity contribution in [2.75, 3.05) is 19.6 Å². The molecule has 1 atom stereocenters. The van der Waals surface area contributed by atoms with Crippen LogP contribution in [0.2, 0.25) is 5.02 Å². The summed E-state index contributed by atoms with van der Waals surface area (Å²) >= 11 is 6.52. The number of benzene rings is 2. The van der Waals surface area contributed by atoms with Gasteiger partial charge in [-0.1, -0.05) is 29.8 Å². The van der Waals surface area contributed by atoms with Crippen molar-refractivity contribution in [3.8, 4) is 0 Å². The lowest BCUT2D eigenvalue weighted by atomic mass is 10.0. The molecule has 4 nitrogen and oxygen atoms in total. The summed E-state index contributed by atoms with van der Waals surface area (Å²) in [6.07, 6.45) is 2.45. The number of aryl methyl sites for hydroxylation is 2. The van der Waals surface area contributed by atoms with Gasteiger partial charge < -0.3 is 9.73 Å². The van der Waals surface area contributed by atoms with Gasteiger partial charge in [-0.25, -0.2) is 4.79 Å². The second kappa shape index (κ2) is 8.70. The first kappa shape index (κ1) is 20.1. The van der Waals surface area contributed by atoms with Crippen molar-refractivity contribution in [3.05, 3.63) is 80.2 Å². The minimum atomic E-state index is -0.306. The van der Waals surface area contributed by atoms with Gasteiger partial charge in [0.1, 0.15) is 5.58 Å². The Labute approximate surface area is 176 Å². The minimum absolute atomic E-state index is 0.224. The molecule has 152 valence electrons. The fourth-order valence-electron chi connectivity index (χ4n) is 4.21. The molecule has 1 aliphatic heterocycles. The van der Waals surface area contributed by atoms with Crippen molar-refractivity contribution in [2.45, 2.75) is 39.3 Å². The molecule has 1 N–H and O–H groups in total. The van der Waals surface area contributed by atoms with Gasteiger partial charge in [0, 0.05) is 35.6 Å². The summed E-state index contributed by atoms with van der Waals surface area (Å²) in [5, 5.41) is 5.38. The summed E-state index contributed by atoms with van der Waals surface area (Å²) in [4.78, 5) is 14.6. The van der Waals surface area contributed by atoms with Gasteiger partial charge in [0.05, 0.1) is 0 Å². The number of nitrogens with zero attached hydrogens (tertiary/aromatic N) is 1. The fourth-order valence-corrected chi connectivity index (χ4v) is 4.47. The van der Waals surface area contributed by atoms with Gasteiger partial charge in [-0.3, -0.25) is 4.90 Å². The first-order valence-corrected chi connectivity index (χ1v) is 10.6.